The first-order chi connectivity index (χ1) is 4.35. The lowest BCUT2D eigenvalue weighted by Crippen LogP contribution is -2.29. The lowest BCUT2D eigenvalue weighted by molar-refractivity contribution is 0.127. The predicted octanol–water partition coefficient (Wildman–Crippen LogP) is 3.20. The summed E-state index contributed by atoms with van der Waals surface area (Å²) in [5.41, 5.74) is 0. The SMILES string of the molecule is O=C1OC(I)(I)C(I)(I)O1. The van der Waals surface area contributed by atoms with Gasteiger partial charge >= 0.3 is 6.16 Å². The zero-order valence-electron chi connectivity index (χ0n) is 4.24. The summed E-state index contributed by atoms with van der Waals surface area (Å²) >= 11 is 8.11. The Morgan fingerprint density at radius 1 is 1.00 bits per heavy atom. The molecule has 0 saturated carbocycles. The molecule has 0 bridgehead atoms. The third-order valence-corrected chi connectivity index (χ3v) is 8.81. The van der Waals surface area contributed by atoms with Crippen molar-refractivity contribution in [3.63, 3.8) is 0 Å². The highest BCUT2D eigenvalue weighted by atomic mass is 127. The molecule has 0 aromatic heterocycles. The van der Waals surface area contributed by atoms with Crippen LogP contribution in [0.15, 0.2) is 0 Å². The number of hydrogen-bond donors (Lipinski definition) is 0. The lowest BCUT2D eigenvalue weighted by atomic mass is 10.8. The van der Waals surface area contributed by atoms with Gasteiger partial charge in [0.05, 0.1) is 0 Å². The van der Waals surface area contributed by atoms with Crippen molar-refractivity contribution in [2.75, 3.05) is 0 Å². The largest absolute Gasteiger partial charge is 0.512 e. The van der Waals surface area contributed by atoms with Crippen molar-refractivity contribution in [3.05, 3.63) is 0 Å². The molecule has 1 saturated heterocycles. The van der Waals surface area contributed by atoms with Gasteiger partial charge < -0.3 is 9.47 Å². The van der Waals surface area contributed by atoms with Crippen molar-refractivity contribution in [2.24, 2.45) is 0 Å². The molecule has 0 unspecified atom stereocenters. The molecule has 0 aromatic rings. The first-order valence-electron chi connectivity index (χ1n) is 2.03. The van der Waals surface area contributed by atoms with Crippen molar-refractivity contribution in [1.29, 1.82) is 0 Å². The van der Waals surface area contributed by atoms with Gasteiger partial charge in [-0.05, 0) is 90.4 Å². The van der Waals surface area contributed by atoms with Gasteiger partial charge in [0.15, 0.2) is 0 Å². The number of alkyl halides is 4. The Kier molecular flexibility index (Phi) is 3.24. The average Bonchev–Trinajstić information content (AvgIpc) is 1.73. The summed E-state index contributed by atoms with van der Waals surface area (Å²) in [5, 5.41) is 0. The molecule has 7 heteroatoms. The quantitative estimate of drug-likeness (QED) is 0.247. The van der Waals surface area contributed by atoms with E-state index in [0.717, 1.165) is 0 Å². The molecule has 1 aliphatic rings. The molecule has 1 fully saturated rings. The summed E-state index contributed by atoms with van der Waals surface area (Å²) in [5.74, 6) is 0. The van der Waals surface area contributed by atoms with Crippen LogP contribution in [0.1, 0.15) is 0 Å². The van der Waals surface area contributed by atoms with Gasteiger partial charge in [0.1, 0.15) is 0 Å². The summed E-state index contributed by atoms with van der Waals surface area (Å²) in [7, 11) is 0. The molecule has 0 amide bonds. The highest BCUT2D eigenvalue weighted by Crippen LogP contribution is 2.55. The second-order valence-electron chi connectivity index (χ2n) is 1.49. The standard InChI is InChI=1S/C3I4O3/c4-2(5)3(6,7)10-1(8)9-2. The van der Waals surface area contributed by atoms with Crippen LogP contribution >= 0.6 is 90.4 Å². The second kappa shape index (κ2) is 3.16. The summed E-state index contributed by atoms with van der Waals surface area (Å²) in [6.07, 6.45) is -0.604. The summed E-state index contributed by atoms with van der Waals surface area (Å²) in [6, 6.07) is 0. The zero-order chi connectivity index (χ0) is 7.99. The van der Waals surface area contributed by atoms with Gasteiger partial charge in [0.2, 0.25) is 0 Å². The molecule has 3 nitrogen and oxygen atoms in total. The molecule has 0 spiro atoms. The Hall–Kier alpha value is 2.19. The normalized spacial score (nSPS) is 27.4. The first kappa shape index (κ1) is 10.3. The van der Waals surface area contributed by atoms with Crippen LogP contribution in [0.2, 0.25) is 0 Å². The summed E-state index contributed by atoms with van der Waals surface area (Å²) in [6.45, 7) is 0. The van der Waals surface area contributed by atoms with Gasteiger partial charge in [0, 0.05) is 0 Å². The Bertz CT molecular complexity index is 159. The third-order valence-electron chi connectivity index (χ3n) is 0.762. The van der Waals surface area contributed by atoms with Crippen LogP contribution in [0.4, 0.5) is 4.79 Å². The maximum atomic E-state index is 10.6. The third kappa shape index (κ3) is 1.92. The highest BCUT2D eigenvalue weighted by Gasteiger charge is 2.58. The molecule has 10 heavy (non-hydrogen) atoms. The minimum Gasteiger partial charge on any atom is -0.401 e. The Labute approximate surface area is 112 Å². The number of halogens is 4. The highest BCUT2D eigenvalue weighted by molar-refractivity contribution is 14.2. The number of rotatable bonds is 0. The minimum atomic E-state index is -0.604. The number of hydrogen-bond acceptors (Lipinski definition) is 3. The van der Waals surface area contributed by atoms with E-state index in [2.05, 4.69) is 0 Å². The lowest BCUT2D eigenvalue weighted by Gasteiger charge is -2.20. The van der Waals surface area contributed by atoms with Crippen LogP contribution in [0.5, 0.6) is 0 Å². The Morgan fingerprint density at radius 3 is 1.40 bits per heavy atom. The van der Waals surface area contributed by atoms with Gasteiger partial charge in [-0.25, -0.2) is 4.79 Å². The van der Waals surface area contributed by atoms with E-state index in [1.807, 2.05) is 90.4 Å². The number of cyclic esters (lactones) is 2. The number of carbonyl (C=O) groups is 1. The van der Waals surface area contributed by atoms with Gasteiger partial charge in [-0.3, -0.25) is 0 Å². The molecule has 0 radical (unpaired) electrons. The molecule has 0 aliphatic carbocycles. The molecular weight excluding hydrogens is 592 g/mol. The number of carbonyl (C=O) groups excluding carboxylic acids is 1. The average molecular weight is 592 g/mol. The van der Waals surface area contributed by atoms with Crippen LogP contribution in [0, 0.1) is 0 Å². The van der Waals surface area contributed by atoms with Crippen LogP contribution in [0.25, 0.3) is 0 Å². The summed E-state index contributed by atoms with van der Waals surface area (Å²) < 4.78 is 8.53. The molecule has 1 heterocycles. The molecule has 1 rings (SSSR count). The molecule has 0 N–H and O–H groups in total. The van der Waals surface area contributed by atoms with Crippen LogP contribution < -0.4 is 0 Å². The van der Waals surface area contributed by atoms with Crippen molar-refractivity contribution in [2.45, 2.75) is 3.23 Å². The Morgan fingerprint density at radius 2 is 1.30 bits per heavy atom. The van der Waals surface area contributed by atoms with Crippen molar-refractivity contribution < 1.29 is 14.3 Å². The van der Waals surface area contributed by atoms with E-state index >= 15 is 0 Å². The Balaban J connectivity index is 2.88. The predicted molar refractivity (Wildman–Crippen MR) is 69.1 cm³/mol. The van der Waals surface area contributed by atoms with Crippen LogP contribution in [-0.4, -0.2) is 9.38 Å². The molecule has 1 aliphatic heterocycles. The molecule has 58 valence electrons. The first-order valence-corrected chi connectivity index (χ1v) is 6.34. The van der Waals surface area contributed by atoms with Crippen molar-refractivity contribution >= 4 is 96.5 Å². The maximum Gasteiger partial charge on any atom is 0.512 e. The fourth-order valence-corrected chi connectivity index (χ4v) is 1.51. The maximum absolute atomic E-state index is 10.6. The van der Waals surface area contributed by atoms with E-state index in [-0.39, 0.29) is 0 Å². The summed E-state index contributed by atoms with van der Waals surface area (Å²) in [4.78, 5) is 10.6. The van der Waals surface area contributed by atoms with Gasteiger partial charge in [-0.1, -0.05) is 0 Å². The van der Waals surface area contributed by atoms with E-state index in [1.165, 1.54) is 0 Å². The van der Waals surface area contributed by atoms with E-state index in [0.29, 0.717) is 0 Å². The molecule has 0 aromatic carbocycles. The zero-order valence-corrected chi connectivity index (χ0v) is 12.9. The van der Waals surface area contributed by atoms with Gasteiger partial charge in [-0.2, -0.15) is 0 Å². The monoisotopic (exact) mass is 592 g/mol. The number of ether oxygens (including phenoxy) is 2. The molecular formula is C3I4O3. The van der Waals surface area contributed by atoms with Crippen LogP contribution in [0.3, 0.4) is 0 Å². The van der Waals surface area contributed by atoms with E-state index in [9.17, 15) is 4.79 Å². The van der Waals surface area contributed by atoms with E-state index in [1.54, 1.807) is 0 Å². The van der Waals surface area contributed by atoms with Gasteiger partial charge in [-0.15, -0.1) is 0 Å². The van der Waals surface area contributed by atoms with Crippen molar-refractivity contribution in [3.8, 4) is 0 Å². The van der Waals surface area contributed by atoms with Crippen molar-refractivity contribution in [1.82, 2.24) is 0 Å². The fourth-order valence-electron chi connectivity index (χ4n) is 0.349. The van der Waals surface area contributed by atoms with Gasteiger partial charge in [0.25, 0.3) is 3.23 Å². The molecule has 0 atom stereocenters. The van der Waals surface area contributed by atoms with E-state index in [4.69, 9.17) is 9.47 Å². The van der Waals surface area contributed by atoms with Crippen LogP contribution in [-0.2, 0) is 9.47 Å². The topological polar surface area (TPSA) is 35.5 Å². The smallest absolute Gasteiger partial charge is 0.401 e. The second-order valence-corrected chi connectivity index (χ2v) is 11.7. The fraction of sp³-hybridized carbons (Fsp3) is 0.667. The van der Waals surface area contributed by atoms with E-state index < -0.39 is 9.38 Å². The minimum absolute atomic E-state index is 0.597.